The van der Waals surface area contributed by atoms with Gasteiger partial charge in [-0.1, -0.05) is 0 Å². The zero-order chi connectivity index (χ0) is 26.3. The van der Waals surface area contributed by atoms with Crippen LogP contribution in [-0.4, -0.2) is 99.6 Å². The van der Waals surface area contributed by atoms with Crippen LogP contribution in [0, 0.1) is 0 Å². The predicted octanol–water partition coefficient (Wildman–Crippen LogP) is -4.40. The Bertz CT molecular complexity index is 1170. The number of azo groups is 1. The van der Waals surface area contributed by atoms with Crippen LogP contribution in [0.5, 0.6) is 0 Å². The van der Waals surface area contributed by atoms with Crippen LogP contribution in [0.3, 0.4) is 0 Å². The van der Waals surface area contributed by atoms with E-state index in [0.717, 1.165) is 21.5 Å². The molecule has 2 saturated heterocycles. The van der Waals surface area contributed by atoms with E-state index in [1.54, 1.807) is 0 Å². The van der Waals surface area contributed by atoms with Gasteiger partial charge in [-0.2, -0.15) is 9.97 Å². The Balaban J connectivity index is 1.67. The van der Waals surface area contributed by atoms with Crippen LogP contribution in [0.25, 0.3) is 0 Å². The summed E-state index contributed by atoms with van der Waals surface area (Å²) < 4.78 is 12.2. The minimum absolute atomic E-state index is 0.197. The van der Waals surface area contributed by atoms with Crippen molar-refractivity contribution in [1.82, 2.24) is 19.1 Å². The maximum atomic E-state index is 12.3. The molecule has 0 radical (unpaired) electrons. The first-order chi connectivity index (χ1) is 17.1. The highest BCUT2D eigenvalue weighted by molar-refractivity contribution is 5.58. The second-order valence-electron chi connectivity index (χ2n) is 8.06. The molecule has 2 fully saturated rings. The van der Waals surface area contributed by atoms with Gasteiger partial charge in [-0.25, -0.2) is 9.59 Å². The summed E-state index contributed by atoms with van der Waals surface area (Å²) in [5, 5.41) is 66.5. The maximum Gasteiger partial charge on any atom is 0.351 e. The van der Waals surface area contributed by atoms with E-state index in [0.29, 0.717) is 0 Å². The lowest BCUT2D eigenvalue weighted by atomic mass is 10.1. The number of anilines is 2. The number of aromatic nitrogens is 4. The Morgan fingerprint density at radius 1 is 0.750 bits per heavy atom. The number of nitrogens with two attached hydrogens (primary N) is 2. The van der Waals surface area contributed by atoms with Crippen LogP contribution in [0.2, 0.25) is 0 Å². The fourth-order valence-electron chi connectivity index (χ4n) is 3.79. The largest absolute Gasteiger partial charge is 0.394 e. The number of rotatable bonds is 6. The summed E-state index contributed by atoms with van der Waals surface area (Å²) in [7, 11) is 0. The summed E-state index contributed by atoms with van der Waals surface area (Å²) in [5.41, 5.74) is 9.21. The molecule has 4 rings (SSSR count). The van der Waals surface area contributed by atoms with E-state index in [9.17, 15) is 40.2 Å². The van der Waals surface area contributed by atoms with Gasteiger partial charge in [0.1, 0.15) is 48.0 Å². The number of nitrogens with zero attached hydrogens (tertiary/aromatic N) is 6. The number of aliphatic hydroxyl groups excluding tert-OH is 6. The molecule has 0 spiro atoms. The van der Waals surface area contributed by atoms with E-state index in [4.69, 9.17) is 20.9 Å². The molecule has 8 atom stereocenters. The lowest BCUT2D eigenvalue weighted by Crippen LogP contribution is -2.36. The van der Waals surface area contributed by atoms with E-state index in [1.807, 2.05) is 0 Å². The minimum atomic E-state index is -1.57. The Kier molecular flexibility index (Phi) is 7.11. The van der Waals surface area contributed by atoms with Crippen molar-refractivity contribution in [3.05, 3.63) is 33.4 Å². The molecule has 36 heavy (non-hydrogen) atoms. The van der Waals surface area contributed by atoms with Crippen LogP contribution < -0.4 is 22.8 Å². The SMILES string of the molecule is Nc1nc(=O)n(C2O[C@H](CO)[C@@H](O)[C@H]2O)cc1N=Nc1cn(C2O[C@H](CO)[C@@H](O)[C@H]2O)c(=O)nc1N. The van der Waals surface area contributed by atoms with Crippen molar-refractivity contribution >= 4 is 23.0 Å². The second-order valence-corrected chi connectivity index (χ2v) is 8.06. The molecular weight excluding hydrogens is 488 g/mol. The van der Waals surface area contributed by atoms with Crippen LogP contribution in [0.4, 0.5) is 23.0 Å². The lowest BCUT2D eigenvalue weighted by molar-refractivity contribution is -0.0549. The van der Waals surface area contributed by atoms with Gasteiger partial charge in [0.05, 0.1) is 13.2 Å². The number of nitrogen functional groups attached to an aromatic ring is 2. The molecular formula is C18H24N8O10. The summed E-state index contributed by atoms with van der Waals surface area (Å²) in [6, 6.07) is 0. The van der Waals surface area contributed by atoms with Gasteiger partial charge in [-0.3, -0.25) is 9.13 Å². The molecule has 2 unspecified atom stereocenters. The molecule has 2 aliphatic rings. The fraction of sp³-hybridized carbons (Fsp3) is 0.556. The molecule has 2 aromatic heterocycles. The molecule has 2 aromatic rings. The van der Waals surface area contributed by atoms with Crippen molar-refractivity contribution in [2.24, 2.45) is 10.2 Å². The van der Waals surface area contributed by atoms with Crippen molar-refractivity contribution in [2.75, 3.05) is 24.7 Å². The molecule has 4 heterocycles. The molecule has 18 nitrogen and oxygen atoms in total. The smallest absolute Gasteiger partial charge is 0.351 e. The zero-order valence-electron chi connectivity index (χ0n) is 18.3. The van der Waals surface area contributed by atoms with E-state index >= 15 is 0 Å². The van der Waals surface area contributed by atoms with E-state index in [1.165, 1.54) is 0 Å². The predicted molar refractivity (Wildman–Crippen MR) is 116 cm³/mol. The highest BCUT2D eigenvalue weighted by Gasteiger charge is 2.45. The van der Waals surface area contributed by atoms with E-state index in [2.05, 4.69) is 20.2 Å². The monoisotopic (exact) mass is 512 g/mol. The third-order valence-electron chi connectivity index (χ3n) is 5.77. The van der Waals surface area contributed by atoms with Crippen molar-refractivity contribution in [1.29, 1.82) is 0 Å². The van der Waals surface area contributed by atoms with Gasteiger partial charge in [0.25, 0.3) is 0 Å². The highest BCUT2D eigenvalue weighted by Crippen LogP contribution is 2.32. The van der Waals surface area contributed by atoms with Crippen LogP contribution in [0.1, 0.15) is 12.5 Å². The zero-order valence-corrected chi connectivity index (χ0v) is 18.3. The van der Waals surface area contributed by atoms with Crippen molar-refractivity contribution in [3.8, 4) is 0 Å². The summed E-state index contributed by atoms with van der Waals surface area (Å²) >= 11 is 0. The molecule has 0 bridgehead atoms. The van der Waals surface area contributed by atoms with E-state index in [-0.39, 0.29) is 23.0 Å². The van der Waals surface area contributed by atoms with Crippen LogP contribution in [0.15, 0.2) is 32.2 Å². The molecule has 18 heteroatoms. The second kappa shape index (κ2) is 9.95. The van der Waals surface area contributed by atoms with Gasteiger partial charge in [-0.05, 0) is 0 Å². The number of hydrogen-bond donors (Lipinski definition) is 8. The van der Waals surface area contributed by atoms with Gasteiger partial charge < -0.3 is 51.6 Å². The third-order valence-corrected chi connectivity index (χ3v) is 5.77. The minimum Gasteiger partial charge on any atom is -0.394 e. The van der Waals surface area contributed by atoms with Gasteiger partial charge in [0.2, 0.25) is 0 Å². The molecule has 196 valence electrons. The molecule has 0 aliphatic carbocycles. The number of ether oxygens (including phenoxy) is 2. The number of aliphatic hydroxyl groups is 6. The quantitative estimate of drug-likeness (QED) is 0.170. The summed E-state index contributed by atoms with van der Waals surface area (Å²) in [6.07, 6.45) is -9.13. The summed E-state index contributed by atoms with van der Waals surface area (Å²) in [4.78, 5) is 31.8. The molecule has 0 amide bonds. The van der Waals surface area contributed by atoms with Crippen LogP contribution in [-0.2, 0) is 9.47 Å². The Hall–Kier alpha value is -3.36. The standard InChI is InChI=1S/C18H24N8O10/c19-13-5(1-25(17(33)21-13)15-11(31)9(29)7(3-27)35-15)23-24-6-2-26(18(34)22-14(6)20)16-12(32)10(30)8(4-28)36-16/h1-2,7-12,15-16,27-32H,3-4H2,(H2,19,21,33)(H2,20,22,34)/t7-,8-,9-,10-,11-,12-,15?,16?/m1/s1. The van der Waals surface area contributed by atoms with Crippen LogP contribution >= 0.6 is 0 Å². The summed E-state index contributed by atoms with van der Waals surface area (Å²) in [5.74, 6) is -0.731. The maximum absolute atomic E-state index is 12.3. The van der Waals surface area contributed by atoms with Gasteiger partial charge in [0.15, 0.2) is 24.1 Å². The first-order valence-electron chi connectivity index (χ1n) is 10.5. The first kappa shape index (κ1) is 25.7. The highest BCUT2D eigenvalue weighted by atomic mass is 16.6. The topological polar surface area (TPSA) is 286 Å². The van der Waals surface area contributed by atoms with Crippen molar-refractivity contribution in [3.63, 3.8) is 0 Å². The van der Waals surface area contributed by atoms with Crippen molar-refractivity contribution < 1.29 is 40.1 Å². The van der Waals surface area contributed by atoms with Gasteiger partial charge in [-0.15, -0.1) is 10.2 Å². The first-order valence-corrected chi connectivity index (χ1v) is 10.5. The Labute approximate surface area is 200 Å². The number of hydrogen-bond acceptors (Lipinski definition) is 16. The average molecular weight is 512 g/mol. The van der Waals surface area contributed by atoms with Gasteiger partial charge in [0, 0.05) is 12.4 Å². The fourth-order valence-corrected chi connectivity index (χ4v) is 3.79. The molecule has 0 saturated carbocycles. The van der Waals surface area contributed by atoms with E-state index < -0.39 is 73.7 Å². The van der Waals surface area contributed by atoms with Crippen molar-refractivity contribution in [2.45, 2.75) is 49.1 Å². The third kappa shape index (κ3) is 4.47. The normalized spacial score (nSPS) is 32.5. The Morgan fingerprint density at radius 2 is 1.11 bits per heavy atom. The Morgan fingerprint density at radius 3 is 1.42 bits per heavy atom. The average Bonchev–Trinajstić information content (AvgIpc) is 3.29. The molecule has 0 aromatic carbocycles. The molecule has 10 N–H and O–H groups in total. The molecule has 2 aliphatic heterocycles. The summed E-state index contributed by atoms with van der Waals surface area (Å²) in [6.45, 7) is -1.23. The van der Waals surface area contributed by atoms with Gasteiger partial charge >= 0.3 is 11.4 Å². The lowest BCUT2D eigenvalue weighted by Gasteiger charge is -2.18.